The predicted molar refractivity (Wildman–Crippen MR) is 70.1 cm³/mol. The van der Waals surface area contributed by atoms with Gasteiger partial charge < -0.3 is 0 Å². The van der Waals surface area contributed by atoms with Crippen LogP contribution in [0.4, 0.5) is 0 Å². The number of carbonyl (C=O) groups excluding carboxylic acids is 1. The second-order valence-electron chi connectivity index (χ2n) is 3.98. The summed E-state index contributed by atoms with van der Waals surface area (Å²) in [6.45, 7) is 3.66. The van der Waals surface area contributed by atoms with Gasteiger partial charge in [0.1, 0.15) is 0 Å². The Hall–Kier alpha value is -1.96. The number of pyridine rings is 1. The summed E-state index contributed by atoms with van der Waals surface area (Å²) >= 11 is 0. The van der Waals surface area contributed by atoms with Crippen LogP contribution in [0.2, 0.25) is 0 Å². The largest absolute Gasteiger partial charge is 0.294 e. The third kappa shape index (κ3) is 2.59. The molecule has 1 aromatic carbocycles. The number of ketones is 1. The molecule has 0 N–H and O–H groups in total. The summed E-state index contributed by atoms with van der Waals surface area (Å²) in [7, 11) is 0. The lowest BCUT2D eigenvalue weighted by atomic mass is 10.0. The summed E-state index contributed by atoms with van der Waals surface area (Å²) in [4.78, 5) is 16.3. The Balaban J connectivity index is 2.28. The van der Waals surface area contributed by atoms with E-state index in [1.54, 1.807) is 6.20 Å². The highest BCUT2D eigenvalue weighted by Gasteiger charge is 2.09. The van der Waals surface area contributed by atoms with Crippen LogP contribution in [0.25, 0.3) is 10.9 Å². The van der Waals surface area contributed by atoms with Crippen LogP contribution < -0.4 is 0 Å². The van der Waals surface area contributed by atoms with E-state index in [0.29, 0.717) is 6.42 Å². The Morgan fingerprint density at radius 3 is 3.00 bits per heavy atom. The average molecular weight is 225 g/mol. The molecule has 0 aliphatic rings. The maximum absolute atomic E-state index is 12.1. The number of aromatic nitrogens is 1. The second-order valence-corrected chi connectivity index (χ2v) is 3.98. The normalized spacial score (nSPS) is 10.4. The van der Waals surface area contributed by atoms with Crippen LogP contribution in [0.3, 0.4) is 0 Å². The Morgan fingerprint density at radius 2 is 2.18 bits per heavy atom. The number of Topliss-reactive ketones (excluding diaryl/α,β-unsaturated/α-hetero) is 1. The van der Waals surface area contributed by atoms with Gasteiger partial charge in [-0.1, -0.05) is 24.3 Å². The molecule has 0 saturated carbocycles. The van der Waals surface area contributed by atoms with E-state index in [0.717, 1.165) is 29.3 Å². The fourth-order valence-corrected chi connectivity index (χ4v) is 1.89. The lowest BCUT2D eigenvalue weighted by Gasteiger charge is -2.04. The molecule has 86 valence electrons. The first-order chi connectivity index (χ1) is 8.33. The molecule has 0 atom stereocenters. The summed E-state index contributed by atoms with van der Waals surface area (Å²) in [5.41, 5.74) is 1.65. The minimum Gasteiger partial charge on any atom is -0.294 e. The highest BCUT2D eigenvalue weighted by molar-refractivity contribution is 6.07. The number of allylic oxidation sites excluding steroid dienone is 1. The Labute approximate surface area is 101 Å². The van der Waals surface area contributed by atoms with Crippen molar-refractivity contribution in [3.05, 3.63) is 54.7 Å². The first kappa shape index (κ1) is 11.5. The summed E-state index contributed by atoms with van der Waals surface area (Å²) in [5.74, 6) is 0.186. The van der Waals surface area contributed by atoms with Crippen molar-refractivity contribution in [1.29, 1.82) is 0 Å². The fourth-order valence-electron chi connectivity index (χ4n) is 1.89. The summed E-state index contributed by atoms with van der Waals surface area (Å²) in [6.07, 6.45) is 5.90. The highest BCUT2D eigenvalue weighted by Crippen LogP contribution is 2.18. The molecule has 0 bridgehead atoms. The summed E-state index contributed by atoms with van der Waals surface area (Å²) in [6, 6.07) is 9.50. The first-order valence-electron chi connectivity index (χ1n) is 5.81. The molecular weight excluding hydrogens is 210 g/mol. The summed E-state index contributed by atoms with van der Waals surface area (Å²) < 4.78 is 0. The van der Waals surface area contributed by atoms with Crippen molar-refractivity contribution in [2.75, 3.05) is 0 Å². The van der Waals surface area contributed by atoms with Gasteiger partial charge in [0.15, 0.2) is 5.78 Å². The molecule has 1 heterocycles. The molecule has 1 aromatic heterocycles. The minimum absolute atomic E-state index is 0.186. The Bertz CT molecular complexity index is 540. The van der Waals surface area contributed by atoms with E-state index >= 15 is 0 Å². The van der Waals surface area contributed by atoms with E-state index < -0.39 is 0 Å². The topological polar surface area (TPSA) is 30.0 Å². The van der Waals surface area contributed by atoms with E-state index in [1.165, 1.54) is 0 Å². The zero-order chi connectivity index (χ0) is 12.1. The number of benzene rings is 1. The van der Waals surface area contributed by atoms with E-state index in [9.17, 15) is 4.79 Å². The molecule has 0 radical (unpaired) electrons. The van der Waals surface area contributed by atoms with E-state index in [4.69, 9.17) is 0 Å². The average Bonchev–Trinajstić information content (AvgIpc) is 2.38. The van der Waals surface area contributed by atoms with Gasteiger partial charge in [-0.25, -0.2) is 0 Å². The van der Waals surface area contributed by atoms with Crippen LogP contribution in [0.5, 0.6) is 0 Å². The van der Waals surface area contributed by atoms with Crippen LogP contribution >= 0.6 is 0 Å². The van der Waals surface area contributed by atoms with Crippen LogP contribution in [0.1, 0.15) is 29.6 Å². The maximum atomic E-state index is 12.1. The van der Waals surface area contributed by atoms with Gasteiger partial charge in [-0.2, -0.15) is 0 Å². The van der Waals surface area contributed by atoms with Crippen LogP contribution in [0, 0.1) is 0 Å². The van der Waals surface area contributed by atoms with Gasteiger partial charge in [0, 0.05) is 23.6 Å². The van der Waals surface area contributed by atoms with Crippen molar-refractivity contribution < 1.29 is 4.79 Å². The molecule has 2 nitrogen and oxygen atoms in total. The SMILES string of the molecule is C=CCCCC(=O)c1cccc2ncccc12. The molecule has 2 rings (SSSR count). The molecule has 0 saturated heterocycles. The van der Waals surface area contributed by atoms with E-state index in [-0.39, 0.29) is 5.78 Å². The van der Waals surface area contributed by atoms with Crippen molar-refractivity contribution in [2.45, 2.75) is 19.3 Å². The van der Waals surface area contributed by atoms with Crippen LogP contribution in [-0.4, -0.2) is 10.8 Å². The van der Waals surface area contributed by atoms with Crippen molar-refractivity contribution in [2.24, 2.45) is 0 Å². The molecule has 0 unspecified atom stereocenters. The van der Waals surface area contributed by atoms with Crippen molar-refractivity contribution in [3.8, 4) is 0 Å². The molecule has 0 spiro atoms. The molecule has 0 aliphatic heterocycles. The van der Waals surface area contributed by atoms with Crippen molar-refractivity contribution in [3.63, 3.8) is 0 Å². The van der Waals surface area contributed by atoms with Crippen molar-refractivity contribution in [1.82, 2.24) is 4.98 Å². The predicted octanol–water partition coefficient (Wildman–Crippen LogP) is 3.77. The third-order valence-electron chi connectivity index (χ3n) is 2.76. The van der Waals surface area contributed by atoms with E-state index in [1.807, 2.05) is 36.4 Å². The third-order valence-corrected chi connectivity index (χ3v) is 2.76. The fraction of sp³-hybridized carbons (Fsp3) is 0.200. The van der Waals surface area contributed by atoms with Gasteiger partial charge in [-0.3, -0.25) is 9.78 Å². The van der Waals surface area contributed by atoms with Gasteiger partial charge in [-0.05, 0) is 25.0 Å². The quantitative estimate of drug-likeness (QED) is 0.440. The molecular formula is C15H15NO. The lowest BCUT2D eigenvalue weighted by molar-refractivity contribution is 0.0982. The number of hydrogen-bond acceptors (Lipinski definition) is 2. The van der Waals surface area contributed by atoms with Gasteiger partial charge in [-0.15, -0.1) is 6.58 Å². The maximum Gasteiger partial charge on any atom is 0.163 e. The smallest absolute Gasteiger partial charge is 0.163 e. The highest BCUT2D eigenvalue weighted by atomic mass is 16.1. The van der Waals surface area contributed by atoms with Gasteiger partial charge >= 0.3 is 0 Å². The zero-order valence-corrected chi connectivity index (χ0v) is 9.73. The molecule has 0 amide bonds. The van der Waals surface area contributed by atoms with Gasteiger partial charge in [0.2, 0.25) is 0 Å². The monoisotopic (exact) mass is 225 g/mol. The molecule has 17 heavy (non-hydrogen) atoms. The minimum atomic E-state index is 0.186. The molecule has 2 aromatic rings. The number of nitrogens with zero attached hydrogens (tertiary/aromatic N) is 1. The lowest BCUT2D eigenvalue weighted by Crippen LogP contribution is -2.00. The number of fused-ring (bicyclic) bond motifs is 1. The zero-order valence-electron chi connectivity index (χ0n) is 9.73. The van der Waals surface area contributed by atoms with Crippen molar-refractivity contribution >= 4 is 16.7 Å². The number of rotatable bonds is 5. The van der Waals surface area contributed by atoms with E-state index in [2.05, 4.69) is 11.6 Å². The Morgan fingerprint density at radius 1 is 1.29 bits per heavy atom. The molecule has 0 fully saturated rings. The second kappa shape index (κ2) is 5.39. The number of carbonyl (C=O) groups is 1. The number of unbranched alkanes of at least 4 members (excludes halogenated alkanes) is 1. The van der Waals surface area contributed by atoms with Gasteiger partial charge in [0.05, 0.1) is 5.52 Å². The standard InChI is InChI=1S/C15H15NO/c1-2-3-4-10-15(17)13-7-5-9-14-12(13)8-6-11-16-14/h2,5-9,11H,1,3-4,10H2. The van der Waals surface area contributed by atoms with Gasteiger partial charge in [0.25, 0.3) is 0 Å². The summed E-state index contributed by atoms with van der Waals surface area (Å²) in [5, 5.41) is 0.943. The first-order valence-corrected chi connectivity index (χ1v) is 5.81. The van der Waals surface area contributed by atoms with Crippen LogP contribution in [-0.2, 0) is 0 Å². The molecule has 2 heteroatoms. The Kier molecular flexibility index (Phi) is 3.66. The number of hydrogen-bond donors (Lipinski definition) is 0. The molecule has 0 aliphatic carbocycles. The van der Waals surface area contributed by atoms with Crippen LogP contribution in [0.15, 0.2) is 49.2 Å².